The molecule has 0 spiro atoms. The van der Waals surface area contributed by atoms with Gasteiger partial charge in [0.25, 0.3) is 5.69 Å². The molecule has 29 heavy (non-hydrogen) atoms. The number of rotatable bonds is 9. The summed E-state index contributed by atoms with van der Waals surface area (Å²) in [5.74, 6) is -0.0998. The van der Waals surface area contributed by atoms with E-state index in [0.29, 0.717) is 18.8 Å². The highest BCUT2D eigenvalue weighted by Crippen LogP contribution is 2.22. The zero-order chi connectivity index (χ0) is 20.5. The number of nitro benzene ring substituents is 1. The van der Waals surface area contributed by atoms with Gasteiger partial charge in [-0.15, -0.1) is 0 Å². The lowest BCUT2D eigenvalue weighted by atomic mass is 10.1. The Labute approximate surface area is 170 Å². The summed E-state index contributed by atoms with van der Waals surface area (Å²) in [4.78, 5) is 25.2. The summed E-state index contributed by atoms with van der Waals surface area (Å²) >= 11 is 0. The average molecular weight is 398 g/mol. The largest absolute Gasteiger partial charge is 0.379 e. The summed E-state index contributed by atoms with van der Waals surface area (Å²) in [5, 5.41) is 16.9. The van der Waals surface area contributed by atoms with Crippen molar-refractivity contribution < 1.29 is 14.5 Å². The second-order valence-corrected chi connectivity index (χ2v) is 6.88. The maximum atomic E-state index is 12.2. The van der Waals surface area contributed by atoms with Crippen molar-refractivity contribution in [2.24, 2.45) is 0 Å². The molecular weight excluding hydrogens is 372 g/mol. The molecule has 0 unspecified atom stereocenters. The Kier molecular flexibility index (Phi) is 7.54. The lowest BCUT2D eigenvalue weighted by Crippen LogP contribution is -2.36. The van der Waals surface area contributed by atoms with Gasteiger partial charge in [0.05, 0.1) is 18.1 Å². The van der Waals surface area contributed by atoms with Gasteiger partial charge in [-0.05, 0) is 17.2 Å². The fourth-order valence-electron chi connectivity index (χ4n) is 3.26. The Bertz CT molecular complexity index is 837. The van der Waals surface area contributed by atoms with Crippen molar-refractivity contribution in [1.82, 2.24) is 10.2 Å². The van der Waals surface area contributed by atoms with E-state index in [1.807, 2.05) is 18.2 Å². The molecule has 2 aromatic rings. The van der Waals surface area contributed by atoms with Gasteiger partial charge in [0, 0.05) is 45.2 Å². The van der Waals surface area contributed by atoms with E-state index in [0.717, 1.165) is 38.4 Å². The normalized spacial score (nSPS) is 14.3. The zero-order valence-electron chi connectivity index (χ0n) is 16.3. The van der Waals surface area contributed by atoms with Crippen LogP contribution >= 0.6 is 0 Å². The fraction of sp³-hybridized carbons (Fsp3) is 0.381. The van der Waals surface area contributed by atoms with E-state index < -0.39 is 4.92 Å². The smallest absolute Gasteiger partial charge is 0.292 e. The quantitative estimate of drug-likeness (QED) is 0.498. The molecule has 0 saturated carbocycles. The second kappa shape index (κ2) is 10.5. The van der Waals surface area contributed by atoms with Gasteiger partial charge in [0.2, 0.25) is 5.91 Å². The van der Waals surface area contributed by atoms with E-state index >= 15 is 0 Å². The molecule has 0 aliphatic carbocycles. The van der Waals surface area contributed by atoms with E-state index in [4.69, 9.17) is 4.74 Å². The number of ether oxygens (including phenoxy) is 1. The van der Waals surface area contributed by atoms with Crippen LogP contribution in [0.15, 0.2) is 48.5 Å². The number of carbonyl (C=O) groups is 1. The monoisotopic (exact) mass is 398 g/mol. The molecule has 1 heterocycles. The van der Waals surface area contributed by atoms with Crippen LogP contribution in [-0.2, 0) is 22.6 Å². The first kappa shape index (κ1) is 20.8. The van der Waals surface area contributed by atoms with Crippen molar-refractivity contribution in [3.8, 4) is 0 Å². The highest BCUT2D eigenvalue weighted by atomic mass is 16.6. The number of amides is 1. The number of morpholine rings is 1. The minimum atomic E-state index is -0.437. The molecule has 154 valence electrons. The molecule has 1 aliphatic heterocycles. The van der Waals surface area contributed by atoms with Crippen molar-refractivity contribution in [3.63, 3.8) is 0 Å². The van der Waals surface area contributed by atoms with E-state index in [-0.39, 0.29) is 18.0 Å². The highest BCUT2D eigenvalue weighted by molar-refractivity contribution is 5.76. The number of nitrogens with one attached hydrogen (secondary N) is 2. The third-order valence-corrected chi connectivity index (χ3v) is 4.86. The van der Waals surface area contributed by atoms with Crippen molar-refractivity contribution in [1.29, 1.82) is 0 Å². The Balaban J connectivity index is 1.47. The second-order valence-electron chi connectivity index (χ2n) is 6.88. The van der Waals surface area contributed by atoms with Gasteiger partial charge < -0.3 is 15.4 Å². The third-order valence-electron chi connectivity index (χ3n) is 4.86. The van der Waals surface area contributed by atoms with Gasteiger partial charge in [-0.1, -0.05) is 36.4 Å². The molecule has 0 aromatic heterocycles. The van der Waals surface area contributed by atoms with E-state index in [9.17, 15) is 14.9 Å². The van der Waals surface area contributed by atoms with Crippen molar-refractivity contribution >= 4 is 17.3 Å². The molecule has 1 fully saturated rings. The molecule has 0 atom stereocenters. The Morgan fingerprint density at radius 1 is 1.07 bits per heavy atom. The van der Waals surface area contributed by atoms with Crippen LogP contribution in [-0.4, -0.2) is 48.6 Å². The fourth-order valence-corrected chi connectivity index (χ4v) is 3.26. The minimum absolute atomic E-state index is 0.00458. The number of hydrogen-bond acceptors (Lipinski definition) is 6. The van der Waals surface area contributed by atoms with E-state index in [1.54, 1.807) is 18.2 Å². The van der Waals surface area contributed by atoms with Gasteiger partial charge in [-0.2, -0.15) is 0 Å². The van der Waals surface area contributed by atoms with Crippen LogP contribution in [0.2, 0.25) is 0 Å². The van der Waals surface area contributed by atoms with Crippen molar-refractivity contribution in [3.05, 3.63) is 69.8 Å². The first-order valence-corrected chi connectivity index (χ1v) is 9.74. The van der Waals surface area contributed by atoms with Crippen LogP contribution in [0.4, 0.5) is 11.4 Å². The molecule has 1 amide bonds. The molecule has 2 aromatic carbocycles. The number of carbonyl (C=O) groups excluding carboxylic acids is 1. The number of benzene rings is 2. The number of hydrogen-bond donors (Lipinski definition) is 2. The molecule has 1 saturated heterocycles. The maximum Gasteiger partial charge on any atom is 0.292 e. The number of anilines is 1. The summed E-state index contributed by atoms with van der Waals surface area (Å²) in [6, 6.07) is 14.5. The number of nitro groups is 1. The van der Waals surface area contributed by atoms with Gasteiger partial charge in [0.1, 0.15) is 5.69 Å². The van der Waals surface area contributed by atoms with E-state index in [2.05, 4.69) is 21.6 Å². The lowest BCUT2D eigenvalue weighted by molar-refractivity contribution is -0.384. The average Bonchev–Trinajstić information content (AvgIpc) is 2.74. The van der Waals surface area contributed by atoms with Gasteiger partial charge in [0.15, 0.2) is 0 Å². The molecule has 0 radical (unpaired) electrons. The predicted octanol–water partition coefficient (Wildman–Crippen LogP) is 2.55. The molecule has 0 bridgehead atoms. The predicted molar refractivity (Wildman–Crippen MR) is 111 cm³/mol. The van der Waals surface area contributed by atoms with Gasteiger partial charge in [-0.25, -0.2) is 0 Å². The van der Waals surface area contributed by atoms with Crippen LogP contribution in [0.1, 0.15) is 17.5 Å². The number of para-hydroxylation sites is 2. The van der Waals surface area contributed by atoms with Gasteiger partial charge in [-0.3, -0.25) is 19.8 Å². The van der Waals surface area contributed by atoms with Crippen LogP contribution in [0.25, 0.3) is 0 Å². The number of nitrogens with zero attached hydrogens (tertiary/aromatic N) is 2. The standard InChI is InChI=1S/C21H26N4O4/c26-21(9-10-22-19-7-3-4-8-20(19)25(27)28)23-15-17-5-1-2-6-18(17)16-24-11-13-29-14-12-24/h1-8,22H,9-16H2,(H,23,26). The highest BCUT2D eigenvalue weighted by Gasteiger charge is 2.14. The van der Waals surface area contributed by atoms with Crippen LogP contribution in [0, 0.1) is 10.1 Å². The zero-order valence-corrected chi connectivity index (χ0v) is 16.3. The summed E-state index contributed by atoms with van der Waals surface area (Å²) in [7, 11) is 0. The van der Waals surface area contributed by atoms with E-state index in [1.165, 1.54) is 11.6 Å². The summed E-state index contributed by atoms with van der Waals surface area (Å²) < 4.78 is 5.39. The topological polar surface area (TPSA) is 96.7 Å². The Morgan fingerprint density at radius 3 is 2.52 bits per heavy atom. The molecule has 8 heteroatoms. The maximum absolute atomic E-state index is 12.2. The van der Waals surface area contributed by atoms with Crippen LogP contribution in [0.5, 0.6) is 0 Å². The molecule has 3 rings (SSSR count). The molecular formula is C21H26N4O4. The van der Waals surface area contributed by atoms with Crippen molar-refractivity contribution in [2.45, 2.75) is 19.5 Å². The summed E-state index contributed by atoms with van der Waals surface area (Å²) in [5.41, 5.74) is 2.72. The van der Waals surface area contributed by atoms with Crippen molar-refractivity contribution in [2.75, 3.05) is 38.2 Å². The van der Waals surface area contributed by atoms with Crippen LogP contribution < -0.4 is 10.6 Å². The summed E-state index contributed by atoms with van der Waals surface area (Å²) in [6.07, 6.45) is 0.234. The molecule has 8 nitrogen and oxygen atoms in total. The Morgan fingerprint density at radius 2 is 1.76 bits per heavy atom. The first-order chi connectivity index (χ1) is 14.1. The molecule has 2 N–H and O–H groups in total. The molecule has 1 aliphatic rings. The third kappa shape index (κ3) is 6.27. The SMILES string of the molecule is O=C(CCNc1ccccc1[N+](=O)[O-])NCc1ccccc1CN1CCOCC1. The first-order valence-electron chi connectivity index (χ1n) is 9.74. The van der Waals surface area contributed by atoms with Gasteiger partial charge >= 0.3 is 0 Å². The lowest BCUT2D eigenvalue weighted by Gasteiger charge is -2.27. The van der Waals surface area contributed by atoms with Crippen LogP contribution in [0.3, 0.4) is 0 Å². The summed E-state index contributed by atoms with van der Waals surface area (Å²) in [6.45, 7) is 4.97. The Hall–Kier alpha value is -2.97. The minimum Gasteiger partial charge on any atom is -0.379 e.